The number of nitrogens with zero attached hydrogens (tertiary/aromatic N) is 2. The molecule has 0 radical (unpaired) electrons. The lowest BCUT2D eigenvalue weighted by Crippen LogP contribution is -2.27. The first-order chi connectivity index (χ1) is 10.2. The minimum absolute atomic E-state index is 0.0680. The average molecular weight is 343 g/mol. The topological polar surface area (TPSA) is 91.8 Å². The summed E-state index contributed by atoms with van der Waals surface area (Å²) in [5.41, 5.74) is 0.849. The molecule has 2 aliphatic heterocycles. The molecule has 0 bridgehead atoms. The van der Waals surface area contributed by atoms with Gasteiger partial charge in [0.1, 0.15) is 5.25 Å². The maximum Gasteiger partial charge on any atom is 0.261 e. The summed E-state index contributed by atoms with van der Waals surface area (Å²) in [6.45, 7) is -0.0680. The highest BCUT2D eigenvalue weighted by molar-refractivity contribution is 8.14. The number of halogens is 1. The Kier molecular flexibility index (Phi) is 3.26. The molecular formula is C13H11ClN2O5S. The monoisotopic (exact) mass is 342 g/mol. The van der Waals surface area contributed by atoms with Gasteiger partial charge in [0.05, 0.1) is 11.1 Å². The zero-order chi connectivity index (χ0) is 16.2. The van der Waals surface area contributed by atoms with Crippen LogP contribution in [0.4, 0.5) is 5.69 Å². The van der Waals surface area contributed by atoms with Crippen molar-refractivity contribution < 1.29 is 22.8 Å². The highest BCUT2D eigenvalue weighted by Crippen LogP contribution is 2.30. The maximum atomic E-state index is 12.0. The summed E-state index contributed by atoms with van der Waals surface area (Å²) in [5, 5.41) is -0.977. The van der Waals surface area contributed by atoms with Crippen molar-refractivity contribution in [2.75, 3.05) is 18.5 Å². The Labute approximate surface area is 130 Å². The second kappa shape index (κ2) is 4.79. The van der Waals surface area contributed by atoms with E-state index < -0.39 is 26.1 Å². The largest absolute Gasteiger partial charge is 0.311 e. The summed E-state index contributed by atoms with van der Waals surface area (Å²) in [7, 11) is 2.84. The predicted molar refractivity (Wildman–Crippen MR) is 78.4 cm³/mol. The van der Waals surface area contributed by atoms with Crippen LogP contribution in [0.1, 0.15) is 27.1 Å². The second-order valence-electron chi connectivity index (χ2n) is 5.21. The fourth-order valence-electron chi connectivity index (χ4n) is 2.63. The molecule has 0 N–H and O–H groups in total. The Morgan fingerprint density at radius 3 is 2.36 bits per heavy atom. The van der Waals surface area contributed by atoms with Gasteiger partial charge in [-0.3, -0.25) is 19.3 Å². The maximum absolute atomic E-state index is 12.0. The van der Waals surface area contributed by atoms with Gasteiger partial charge in [-0.05, 0) is 18.2 Å². The van der Waals surface area contributed by atoms with Crippen molar-refractivity contribution in [3.63, 3.8) is 0 Å². The lowest BCUT2D eigenvalue weighted by Gasteiger charge is -2.16. The zero-order valence-electron chi connectivity index (χ0n) is 11.4. The molecule has 1 aromatic rings. The first-order valence-electron chi connectivity index (χ1n) is 6.40. The van der Waals surface area contributed by atoms with E-state index in [0.29, 0.717) is 5.69 Å². The van der Waals surface area contributed by atoms with Gasteiger partial charge < -0.3 is 4.90 Å². The van der Waals surface area contributed by atoms with Gasteiger partial charge in [-0.25, -0.2) is 8.42 Å². The van der Waals surface area contributed by atoms with Crippen LogP contribution >= 0.6 is 10.7 Å². The van der Waals surface area contributed by atoms with E-state index in [9.17, 15) is 22.8 Å². The molecule has 1 atom stereocenters. The van der Waals surface area contributed by atoms with Crippen molar-refractivity contribution in [2.24, 2.45) is 0 Å². The predicted octanol–water partition coefficient (Wildman–Crippen LogP) is 0.586. The van der Waals surface area contributed by atoms with Crippen LogP contribution < -0.4 is 4.90 Å². The second-order valence-corrected chi connectivity index (χ2v) is 8.11. The molecule has 1 fully saturated rings. The van der Waals surface area contributed by atoms with Crippen LogP contribution in [-0.4, -0.2) is 49.9 Å². The van der Waals surface area contributed by atoms with Crippen molar-refractivity contribution >= 4 is 43.1 Å². The summed E-state index contributed by atoms with van der Waals surface area (Å²) in [6.07, 6.45) is -0.199. The first kappa shape index (κ1) is 15.0. The van der Waals surface area contributed by atoms with Gasteiger partial charge in [0.2, 0.25) is 15.0 Å². The van der Waals surface area contributed by atoms with Crippen LogP contribution in [0.5, 0.6) is 0 Å². The molecule has 0 aromatic heterocycles. The number of carbonyl (C=O) groups excluding carboxylic acids is 3. The van der Waals surface area contributed by atoms with E-state index in [1.165, 1.54) is 30.1 Å². The van der Waals surface area contributed by atoms with Crippen molar-refractivity contribution in [1.82, 2.24) is 4.90 Å². The Bertz CT molecular complexity index is 820. The van der Waals surface area contributed by atoms with Gasteiger partial charge in [0.15, 0.2) is 0 Å². The van der Waals surface area contributed by atoms with E-state index in [1.54, 1.807) is 0 Å². The van der Waals surface area contributed by atoms with Crippen molar-refractivity contribution in [3.05, 3.63) is 29.3 Å². The lowest BCUT2D eigenvalue weighted by molar-refractivity contribution is -0.117. The summed E-state index contributed by atoms with van der Waals surface area (Å²) < 4.78 is 22.7. The van der Waals surface area contributed by atoms with Crippen LogP contribution in [-0.2, 0) is 13.8 Å². The number of hydrogen-bond donors (Lipinski definition) is 0. The number of carbonyl (C=O) groups is 3. The summed E-state index contributed by atoms with van der Waals surface area (Å²) in [5.74, 6) is -1.24. The third-order valence-corrected chi connectivity index (χ3v) is 5.74. The Hall–Kier alpha value is -1.93. The molecule has 3 rings (SSSR count). The number of rotatable bonds is 2. The van der Waals surface area contributed by atoms with Gasteiger partial charge in [0, 0.05) is 36.4 Å². The van der Waals surface area contributed by atoms with Gasteiger partial charge in [-0.15, -0.1) is 0 Å². The van der Waals surface area contributed by atoms with Crippen LogP contribution in [0.25, 0.3) is 0 Å². The third kappa shape index (κ3) is 2.19. The number of amides is 3. The number of fused-ring (bicyclic) bond motifs is 1. The highest BCUT2D eigenvalue weighted by Gasteiger charge is 2.39. The SMILES string of the molecule is CN1C(=O)c2ccc(N3CC(S(=O)(=O)Cl)CC3=O)cc2C1=O. The van der Waals surface area contributed by atoms with Gasteiger partial charge >= 0.3 is 0 Å². The molecule has 1 aromatic carbocycles. The number of hydrogen-bond acceptors (Lipinski definition) is 5. The van der Waals surface area contributed by atoms with Crippen molar-refractivity contribution in [3.8, 4) is 0 Å². The standard InChI is InChI=1S/C13H11ClN2O5S/c1-15-12(18)9-3-2-7(4-10(9)13(15)19)16-6-8(5-11(16)17)22(14,20)21/h2-4,8H,5-6H2,1H3. The molecule has 9 heteroatoms. The summed E-state index contributed by atoms with van der Waals surface area (Å²) in [6, 6.07) is 4.41. The van der Waals surface area contributed by atoms with E-state index in [0.717, 1.165) is 4.90 Å². The lowest BCUT2D eigenvalue weighted by atomic mass is 10.1. The van der Waals surface area contributed by atoms with Gasteiger partial charge in [0.25, 0.3) is 11.8 Å². The number of imide groups is 1. The van der Waals surface area contributed by atoms with E-state index >= 15 is 0 Å². The molecular weight excluding hydrogens is 332 g/mol. The molecule has 3 amide bonds. The molecule has 116 valence electrons. The molecule has 22 heavy (non-hydrogen) atoms. The Morgan fingerprint density at radius 2 is 1.77 bits per heavy atom. The molecule has 0 saturated carbocycles. The quantitative estimate of drug-likeness (QED) is 0.579. The third-order valence-electron chi connectivity index (χ3n) is 3.87. The fourth-order valence-corrected chi connectivity index (χ4v) is 3.66. The van der Waals surface area contributed by atoms with Crippen molar-refractivity contribution in [2.45, 2.75) is 11.7 Å². The van der Waals surface area contributed by atoms with E-state index in [-0.39, 0.29) is 30.0 Å². The summed E-state index contributed by atoms with van der Waals surface area (Å²) >= 11 is 0. The average Bonchev–Trinajstić information content (AvgIpc) is 2.94. The first-order valence-corrected chi connectivity index (χ1v) is 8.77. The molecule has 2 aliphatic rings. The number of anilines is 1. The fraction of sp³-hybridized carbons (Fsp3) is 0.308. The van der Waals surface area contributed by atoms with Crippen LogP contribution in [0.3, 0.4) is 0 Å². The Balaban J connectivity index is 1.97. The molecule has 0 aliphatic carbocycles. The molecule has 2 heterocycles. The molecule has 7 nitrogen and oxygen atoms in total. The van der Waals surface area contributed by atoms with Crippen LogP contribution in [0.15, 0.2) is 18.2 Å². The van der Waals surface area contributed by atoms with Gasteiger partial charge in [-0.1, -0.05) is 0 Å². The van der Waals surface area contributed by atoms with E-state index in [2.05, 4.69) is 0 Å². The molecule has 1 saturated heterocycles. The zero-order valence-corrected chi connectivity index (χ0v) is 13.0. The normalized spacial score (nSPS) is 21.7. The molecule has 1 unspecified atom stereocenters. The van der Waals surface area contributed by atoms with E-state index in [4.69, 9.17) is 10.7 Å². The Morgan fingerprint density at radius 1 is 1.14 bits per heavy atom. The molecule has 0 spiro atoms. The highest BCUT2D eigenvalue weighted by atomic mass is 35.7. The minimum atomic E-state index is -3.84. The minimum Gasteiger partial charge on any atom is -0.311 e. The summed E-state index contributed by atoms with van der Waals surface area (Å²) in [4.78, 5) is 38.0. The van der Waals surface area contributed by atoms with Crippen LogP contribution in [0.2, 0.25) is 0 Å². The van der Waals surface area contributed by atoms with E-state index in [1.807, 2.05) is 0 Å². The number of benzene rings is 1. The van der Waals surface area contributed by atoms with Gasteiger partial charge in [-0.2, -0.15) is 0 Å². The van der Waals surface area contributed by atoms with Crippen molar-refractivity contribution in [1.29, 1.82) is 0 Å². The smallest absolute Gasteiger partial charge is 0.261 e. The van der Waals surface area contributed by atoms with Crippen LogP contribution in [0, 0.1) is 0 Å².